The number of carbonyl (C=O) groups is 2. The number of carbonyl (C=O) groups excluding carboxylic acids is 2. The quantitative estimate of drug-likeness (QED) is 0.882. The fourth-order valence-corrected chi connectivity index (χ4v) is 2.07. The lowest BCUT2D eigenvalue weighted by Crippen LogP contribution is -2.40. The molecular formula is C14H17FN2O3. The molecule has 2 rings (SSSR count). The molecule has 1 saturated heterocycles. The second-order valence-corrected chi connectivity index (χ2v) is 4.60. The number of benzene rings is 1. The maximum absolute atomic E-state index is 13.2. The molecule has 1 aliphatic rings. The van der Waals surface area contributed by atoms with Crippen LogP contribution >= 0.6 is 0 Å². The topological polar surface area (TPSA) is 67.4 Å². The SMILES string of the molecule is CCOc1cc(F)ccc1NC(=O)C1CCC(=O)NC1. The van der Waals surface area contributed by atoms with Crippen molar-refractivity contribution in [1.82, 2.24) is 5.32 Å². The Morgan fingerprint density at radius 3 is 3.00 bits per heavy atom. The molecule has 108 valence electrons. The molecule has 0 aliphatic carbocycles. The average Bonchev–Trinajstić information content (AvgIpc) is 2.43. The molecule has 20 heavy (non-hydrogen) atoms. The summed E-state index contributed by atoms with van der Waals surface area (Å²) in [5.74, 6) is -0.618. The largest absolute Gasteiger partial charge is 0.492 e. The summed E-state index contributed by atoms with van der Waals surface area (Å²) in [6, 6.07) is 3.97. The molecule has 0 spiro atoms. The van der Waals surface area contributed by atoms with Crippen molar-refractivity contribution < 1.29 is 18.7 Å². The predicted molar refractivity (Wildman–Crippen MR) is 71.9 cm³/mol. The monoisotopic (exact) mass is 280 g/mol. The average molecular weight is 280 g/mol. The zero-order valence-corrected chi connectivity index (χ0v) is 11.2. The van der Waals surface area contributed by atoms with E-state index >= 15 is 0 Å². The van der Waals surface area contributed by atoms with Crippen LogP contribution in [0.1, 0.15) is 19.8 Å². The Kier molecular flexibility index (Phi) is 4.55. The summed E-state index contributed by atoms with van der Waals surface area (Å²) in [5, 5.41) is 5.38. The van der Waals surface area contributed by atoms with Crippen LogP contribution in [0.4, 0.5) is 10.1 Å². The molecule has 2 N–H and O–H groups in total. The number of anilines is 1. The highest BCUT2D eigenvalue weighted by Gasteiger charge is 2.25. The molecule has 1 atom stereocenters. The molecule has 0 radical (unpaired) electrons. The van der Waals surface area contributed by atoms with Crippen molar-refractivity contribution in [3.05, 3.63) is 24.0 Å². The van der Waals surface area contributed by atoms with E-state index in [1.807, 2.05) is 0 Å². The van der Waals surface area contributed by atoms with Crippen molar-refractivity contribution in [3.8, 4) is 5.75 Å². The van der Waals surface area contributed by atoms with Crippen LogP contribution in [0.3, 0.4) is 0 Å². The van der Waals surface area contributed by atoms with Gasteiger partial charge in [-0.05, 0) is 25.5 Å². The van der Waals surface area contributed by atoms with E-state index in [9.17, 15) is 14.0 Å². The molecule has 0 saturated carbocycles. The van der Waals surface area contributed by atoms with Crippen LogP contribution in [0.15, 0.2) is 18.2 Å². The van der Waals surface area contributed by atoms with Crippen molar-refractivity contribution in [3.63, 3.8) is 0 Å². The van der Waals surface area contributed by atoms with E-state index in [4.69, 9.17) is 4.74 Å². The van der Waals surface area contributed by atoms with Crippen LogP contribution in [-0.2, 0) is 9.59 Å². The Morgan fingerprint density at radius 2 is 2.35 bits per heavy atom. The third-order valence-corrected chi connectivity index (χ3v) is 3.14. The number of halogens is 1. The Labute approximate surface area is 116 Å². The third-order valence-electron chi connectivity index (χ3n) is 3.14. The number of rotatable bonds is 4. The molecule has 5 nitrogen and oxygen atoms in total. The second kappa shape index (κ2) is 6.36. The number of amides is 2. The first-order chi connectivity index (χ1) is 9.60. The van der Waals surface area contributed by atoms with Crippen molar-refractivity contribution in [2.45, 2.75) is 19.8 Å². The van der Waals surface area contributed by atoms with Gasteiger partial charge in [-0.2, -0.15) is 0 Å². The normalized spacial score (nSPS) is 18.3. The lowest BCUT2D eigenvalue weighted by Gasteiger charge is -2.22. The first-order valence-electron chi connectivity index (χ1n) is 6.60. The Bertz CT molecular complexity index is 509. The van der Waals surface area contributed by atoms with Crippen molar-refractivity contribution in [2.75, 3.05) is 18.5 Å². The van der Waals surface area contributed by atoms with E-state index in [1.165, 1.54) is 18.2 Å². The Morgan fingerprint density at radius 1 is 1.55 bits per heavy atom. The van der Waals surface area contributed by atoms with Crippen molar-refractivity contribution in [1.29, 1.82) is 0 Å². The van der Waals surface area contributed by atoms with Gasteiger partial charge >= 0.3 is 0 Å². The van der Waals surface area contributed by atoms with Crippen LogP contribution in [0.2, 0.25) is 0 Å². The molecule has 1 aliphatic heterocycles. The lowest BCUT2D eigenvalue weighted by molar-refractivity contribution is -0.126. The summed E-state index contributed by atoms with van der Waals surface area (Å²) < 4.78 is 18.5. The van der Waals surface area contributed by atoms with Gasteiger partial charge in [0.15, 0.2) is 0 Å². The van der Waals surface area contributed by atoms with Gasteiger partial charge in [-0.3, -0.25) is 9.59 Å². The molecule has 1 aromatic carbocycles. The Hall–Kier alpha value is -2.11. The third kappa shape index (κ3) is 3.46. The van der Waals surface area contributed by atoms with Gasteiger partial charge in [0, 0.05) is 19.0 Å². The minimum absolute atomic E-state index is 0.0363. The standard InChI is InChI=1S/C14H17FN2O3/c1-2-20-12-7-10(15)4-5-11(12)17-14(19)9-3-6-13(18)16-8-9/h4-5,7,9H,2-3,6,8H2,1H3,(H,16,18)(H,17,19). The van der Waals surface area contributed by atoms with E-state index in [0.29, 0.717) is 37.4 Å². The Balaban J connectivity index is 2.05. The van der Waals surface area contributed by atoms with Gasteiger partial charge in [0.2, 0.25) is 11.8 Å². The smallest absolute Gasteiger partial charge is 0.229 e. The summed E-state index contributed by atoms with van der Waals surface area (Å²) in [7, 11) is 0. The molecule has 1 fully saturated rings. The summed E-state index contributed by atoms with van der Waals surface area (Å²) in [5.41, 5.74) is 0.440. The first kappa shape index (κ1) is 14.3. The van der Waals surface area contributed by atoms with E-state index < -0.39 is 5.82 Å². The minimum Gasteiger partial charge on any atom is -0.492 e. The van der Waals surface area contributed by atoms with Crippen LogP contribution in [0.5, 0.6) is 5.75 Å². The molecule has 0 bridgehead atoms. The second-order valence-electron chi connectivity index (χ2n) is 4.60. The predicted octanol–water partition coefficient (Wildman–Crippen LogP) is 1.69. The fourth-order valence-electron chi connectivity index (χ4n) is 2.07. The highest BCUT2D eigenvalue weighted by Crippen LogP contribution is 2.26. The van der Waals surface area contributed by atoms with E-state index in [1.54, 1.807) is 6.92 Å². The van der Waals surface area contributed by atoms with Gasteiger partial charge in [-0.15, -0.1) is 0 Å². The zero-order valence-electron chi connectivity index (χ0n) is 11.2. The lowest BCUT2D eigenvalue weighted by atomic mass is 9.98. The number of ether oxygens (including phenoxy) is 1. The molecule has 1 aromatic rings. The van der Waals surface area contributed by atoms with E-state index in [-0.39, 0.29) is 17.7 Å². The van der Waals surface area contributed by atoms with E-state index in [2.05, 4.69) is 10.6 Å². The number of nitrogens with one attached hydrogen (secondary N) is 2. The molecular weight excluding hydrogens is 263 g/mol. The first-order valence-corrected chi connectivity index (χ1v) is 6.60. The van der Waals surface area contributed by atoms with Crippen LogP contribution in [-0.4, -0.2) is 25.0 Å². The van der Waals surface area contributed by atoms with Crippen LogP contribution < -0.4 is 15.4 Å². The van der Waals surface area contributed by atoms with Crippen LogP contribution in [0.25, 0.3) is 0 Å². The van der Waals surface area contributed by atoms with Gasteiger partial charge in [0.1, 0.15) is 11.6 Å². The fraction of sp³-hybridized carbons (Fsp3) is 0.429. The van der Waals surface area contributed by atoms with Crippen molar-refractivity contribution in [2.24, 2.45) is 5.92 Å². The maximum atomic E-state index is 13.2. The highest BCUT2D eigenvalue weighted by molar-refractivity contribution is 5.95. The van der Waals surface area contributed by atoms with Gasteiger partial charge in [-0.1, -0.05) is 0 Å². The summed E-state index contributed by atoms with van der Waals surface area (Å²) in [4.78, 5) is 23.2. The van der Waals surface area contributed by atoms with Crippen molar-refractivity contribution >= 4 is 17.5 Å². The summed E-state index contributed by atoms with van der Waals surface area (Å²) >= 11 is 0. The number of hydrogen-bond donors (Lipinski definition) is 2. The summed E-state index contributed by atoms with van der Waals surface area (Å²) in [6.07, 6.45) is 0.864. The van der Waals surface area contributed by atoms with Gasteiger partial charge in [-0.25, -0.2) is 4.39 Å². The zero-order chi connectivity index (χ0) is 14.5. The maximum Gasteiger partial charge on any atom is 0.229 e. The number of piperidine rings is 1. The molecule has 6 heteroatoms. The van der Waals surface area contributed by atoms with Gasteiger partial charge in [0.05, 0.1) is 18.2 Å². The summed E-state index contributed by atoms with van der Waals surface area (Å²) in [6.45, 7) is 2.49. The molecule has 2 amide bonds. The minimum atomic E-state index is -0.420. The van der Waals surface area contributed by atoms with Crippen LogP contribution in [0, 0.1) is 11.7 Å². The molecule has 1 unspecified atom stereocenters. The molecule has 0 aromatic heterocycles. The molecule has 1 heterocycles. The van der Waals surface area contributed by atoms with Gasteiger partial charge in [0.25, 0.3) is 0 Å². The number of hydrogen-bond acceptors (Lipinski definition) is 3. The highest BCUT2D eigenvalue weighted by atomic mass is 19.1. The van der Waals surface area contributed by atoms with E-state index in [0.717, 1.165) is 0 Å². The van der Waals surface area contributed by atoms with Gasteiger partial charge < -0.3 is 15.4 Å².